The summed E-state index contributed by atoms with van der Waals surface area (Å²) in [5.74, 6) is 1.02. The summed E-state index contributed by atoms with van der Waals surface area (Å²) in [4.78, 5) is 0. The van der Waals surface area contributed by atoms with Crippen LogP contribution in [0.25, 0.3) is 0 Å². The summed E-state index contributed by atoms with van der Waals surface area (Å²) in [6.45, 7) is 2.52. The van der Waals surface area contributed by atoms with E-state index in [1.54, 1.807) is 6.20 Å². The highest BCUT2D eigenvalue weighted by Gasteiger charge is 2.18. The topological polar surface area (TPSA) is 55.9 Å². The first-order valence-corrected chi connectivity index (χ1v) is 5.08. The van der Waals surface area contributed by atoms with Crippen LogP contribution in [0.4, 0.5) is 0 Å². The Bertz CT molecular complexity index is 446. The number of rotatable bonds is 2. The second kappa shape index (κ2) is 3.51. The van der Waals surface area contributed by atoms with Gasteiger partial charge in [-0.05, 0) is 6.07 Å². The molecular weight excluding hydrogens is 192 g/mol. The third-order valence-corrected chi connectivity index (χ3v) is 2.65. The van der Waals surface area contributed by atoms with E-state index in [1.165, 1.54) is 5.56 Å². The molecule has 0 amide bonds. The molecule has 0 spiro atoms. The molecule has 0 atom stereocenters. The molecular formula is C10H12N4O. The zero-order valence-electron chi connectivity index (χ0n) is 8.31. The average molecular weight is 204 g/mol. The molecule has 3 rings (SSSR count). The van der Waals surface area contributed by atoms with Crippen LogP contribution in [0.2, 0.25) is 0 Å². The lowest BCUT2D eigenvalue weighted by molar-refractivity contribution is 0.367. The maximum Gasteiger partial charge on any atom is 0.142 e. The van der Waals surface area contributed by atoms with Crippen molar-refractivity contribution in [2.75, 3.05) is 6.54 Å². The van der Waals surface area contributed by atoms with E-state index in [9.17, 15) is 0 Å². The van der Waals surface area contributed by atoms with Gasteiger partial charge in [0.25, 0.3) is 0 Å². The van der Waals surface area contributed by atoms with Crippen molar-refractivity contribution in [1.29, 1.82) is 0 Å². The molecule has 2 aromatic heterocycles. The fourth-order valence-electron chi connectivity index (χ4n) is 1.87. The quantitative estimate of drug-likeness (QED) is 0.776. The van der Waals surface area contributed by atoms with Crippen LogP contribution in [0.3, 0.4) is 0 Å². The first-order valence-electron chi connectivity index (χ1n) is 5.08. The van der Waals surface area contributed by atoms with Crippen LogP contribution in [-0.4, -0.2) is 21.5 Å². The molecule has 0 aromatic carbocycles. The predicted molar refractivity (Wildman–Crippen MR) is 53.2 cm³/mol. The lowest BCUT2D eigenvalue weighted by Gasteiger charge is -2.10. The van der Waals surface area contributed by atoms with Gasteiger partial charge in [0.15, 0.2) is 0 Å². The molecule has 15 heavy (non-hydrogen) atoms. The number of hydrogen-bond acceptors (Lipinski definition) is 4. The first-order chi connectivity index (χ1) is 7.43. The molecule has 1 aliphatic rings. The summed E-state index contributed by atoms with van der Waals surface area (Å²) in [5, 5.41) is 11.6. The molecule has 3 heterocycles. The molecule has 5 nitrogen and oxygen atoms in total. The van der Waals surface area contributed by atoms with Gasteiger partial charge in [-0.25, -0.2) is 0 Å². The minimum atomic E-state index is 0.688. The summed E-state index contributed by atoms with van der Waals surface area (Å²) >= 11 is 0. The summed E-state index contributed by atoms with van der Waals surface area (Å²) in [6, 6.07) is 1.91. The van der Waals surface area contributed by atoms with Crippen molar-refractivity contribution in [3.05, 3.63) is 35.5 Å². The van der Waals surface area contributed by atoms with Crippen molar-refractivity contribution in [2.24, 2.45) is 0 Å². The van der Waals surface area contributed by atoms with Gasteiger partial charge in [0.2, 0.25) is 0 Å². The number of nitrogens with one attached hydrogen (secondary N) is 1. The fraction of sp³-hybridized carbons (Fsp3) is 0.400. The van der Waals surface area contributed by atoms with Gasteiger partial charge in [0, 0.05) is 37.5 Å². The van der Waals surface area contributed by atoms with Crippen molar-refractivity contribution in [3.63, 3.8) is 0 Å². The Morgan fingerprint density at radius 3 is 3.40 bits per heavy atom. The standard InChI is InChI=1S/C10H12N4O/c1-3-12-14(5-1)7-9-8-6-11-4-2-10(8)15-13-9/h1,3,5,11H,2,4,6-7H2. The molecule has 0 radical (unpaired) electrons. The number of hydrogen-bond donors (Lipinski definition) is 1. The largest absolute Gasteiger partial charge is 0.361 e. The van der Waals surface area contributed by atoms with Crippen molar-refractivity contribution < 1.29 is 4.52 Å². The first kappa shape index (κ1) is 8.67. The monoisotopic (exact) mass is 204 g/mol. The minimum Gasteiger partial charge on any atom is -0.361 e. The van der Waals surface area contributed by atoms with Crippen molar-refractivity contribution >= 4 is 0 Å². The van der Waals surface area contributed by atoms with Gasteiger partial charge in [-0.1, -0.05) is 5.16 Å². The second-order valence-corrected chi connectivity index (χ2v) is 3.66. The van der Waals surface area contributed by atoms with E-state index in [0.29, 0.717) is 6.54 Å². The second-order valence-electron chi connectivity index (χ2n) is 3.66. The molecule has 1 N–H and O–H groups in total. The van der Waals surface area contributed by atoms with Crippen LogP contribution in [0.15, 0.2) is 23.0 Å². The molecule has 2 aromatic rings. The van der Waals surface area contributed by atoms with E-state index in [0.717, 1.165) is 31.0 Å². The highest BCUT2D eigenvalue weighted by Crippen LogP contribution is 2.18. The van der Waals surface area contributed by atoms with E-state index in [1.807, 2.05) is 16.9 Å². The van der Waals surface area contributed by atoms with E-state index in [2.05, 4.69) is 15.6 Å². The number of nitrogens with zero attached hydrogens (tertiary/aromatic N) is 3. The van der Waals surface area contributed by atoms with E-state index >= 15 is 0 Å². The Morgan fingerprint density at radius 2 is 2.53 bits per heavy atom. The van der Waals surface area contributed by atoms with E-state index < -0.39 is 0 Å². The van der Waals surface area contributed by atoms with Gasteiger partial charge in [0.1, 0.15) is 11.5 Å². The van der Waals surface area contributed by atoms with Crippen LogP contribution in [0, 0.1) is 0 Å². The normalized spacial score (nSPS) is 15.2. The fourth-order valence-corrected chi connectivity index (χ4v) is 1.87. The average Bonchev–Trinajstić information content (AvgIpc) is 2.89. The zero-order valence-corrected chi connectivity index (χ0v) is 8.31. The lowest BCUT2D eigenvalue weighted by Crippen LogP contribution is -2.23. The van der Waals surface area contributed by atoms with E-state index in [-0.39, 0.29) is 0 Å². The maximum atomic E-state index is 5.30. The van der Waals surface area contributed by atoms with Gasteiger partial charge in [-0.3, -0.25) is 4.68 Å². The highest BCUT2D eigenvalue weighted by molar-refractivity contribution is 5.25. The van der Waals surface area contributed by atoms with Gasteiger partial charge in [-0.15, -0.1) is 0 Å². The summed E-state index contributed by atoms with van der Waals surface area (Å²) in [7, 11) is 0. The molecule has 1 aliphatic heterocycles. The highest BCUT2D eigenvalue weighted by atomic mass is 16.5. The molecule has 0 saturated carbocycles. The van der Waals surface area contributed by atoms with Gasteiger partial charge < -0.3 is 9.84 Å². The van der Waals surface area contributed by atoms with Crippen LogP contribution in [0.1, 0.15) is 17.0 Å². The molecule has 5 heteroatoms. The molecule has 0 unspecified atom stereocenters. The zero-order chi connectivity index (χ0) is 10.1. The Balaban J connectivity index is 1.89. The number of aromatic nitrogens is 3. The third-order valence-electron chi connectivity index (χ3n) is 2.65. The van der Waals surface area contributed by atoms with Crippen molar-refractivity contribution in [2.45, 2.75) is 19.5 Å². The van der Waals surface area contributed by atoms with Crippen LogP contribution < -0.4 is 5.32 Å². The van der Waals surface area contributed by atoms with Crippen LogP contribution in [-0.2, 0) is 19.5 Å². The van der Waals surface area contributed by atoms with Crippen molar-refractivity contribution in [3.8, 4) is 0 Å². The smallest absolute Gasteiger partial charge is 0.142 e. The summed E-state index contributed by atoms with van der Waals surface area (Å²) < 4.78 is 7.16. The predicted octanol–water partition coefficient (Wildman–Crippen LogP) is 0.565. The Labute approximate surface area is 87.1 Å². The molecule has 78 valence electrons. The SMILES string of the molecule is c1cnn(Cc2noc3c2CNCC3)c1. The minimum absolute atomic E-state index is 0.688. The lowest BCUT2D eigenvalue weighted by atomic mass is 10.1. The molecule has 0 bridgehead atoms. The van der Waals surface area contributed by atoms with Crippen molar-refractivity contribution in [1.82, 2.24) is 20.3 Å². The molecule has 0 aliphatic carbocycles. The third kappa shape index (κ3) is 1.55. The maximum absolute atomic E-state index is 5.30. The van der Waals surface area contributed by atoms with Crippen LogP contribution in [0.5, 0.6) is 0 Å². The van der Waals surface area contributed by atoms with Gasteiger partial charge >= 0.3 is 0 Å². The summed E-state index contributed by atoms with van der Waals surface area (Å²) in [5.41, 5.74) is 2.19. The summed E-state index contributed by atoms with van der Waals surface area (Å²) in [6.07, 6.45) is 4.63. The Hall–Kier alpha value is -1.62. The van der Waals surface area contributed by atoms with Gasteiger partial charge in [0.05, 0.1) is 6.54 Å². The Morgan fingerprint density at radius 1 is 1.53 bits per heavy atom. The molecule has 0 saturated heterocycles. The van der Waals surface area contributed by atoms with Gasteiger partial charge in [-0.2, -0.15) is 5.10 Å². The van der Waals surface area contributed by atoms with Crippen LogP contribution >= 0.6 is 0 Å². The van der Waals surface area contributed by atoms with E-state index in [4.69, 9.17) is 4.52 Å². The molecule has 0 fully saturated rings. The Kier molecular flexibility index (Phi) is 2.03. The number of fused-ring (bicyclic) bond motifs is 1.